The van der Waals surface area contributed by atoms with Crippen molar-refractivity contribution in [3.05, 3.63) is 46.0 Å². The average molecular weight is 250 g/mol. The Kier molecular flexibility index (Phi) is 4.44. The fraction of sp³-hybridized carbons (Fsp3) is 0.385. The van der Waals surface area contributed by atoms with Gasteiger partial charge in [-0.2, -0.15) is 0 Å². The summed E-state index contributed by atoms with van der Waals surface area (Å²) in [7, 11) is 1.78. The van der Waals surface area contributed by atoms with E-state index >= 15 is 0 Å². The van der Waals surface area contributed by atoms with Crippen molar-refractivity contribution in [1.82, 2.24) is 0 Å². The van der Waals surface area contributed by atoms with Crippen LogP contribution in [0.5, 0.6) is 0 Å². The lowest BCUT2D eigenvalue weighted by Gasteiger charge is -2.19. The molecule has 1 N–H and O–H groups in total. The lowest BCUT2D eigenvalue weighted by molar-refractivity contribution is -0.384. The molecule has 1 aromatic carbocycles. The normalized spacial score (nSPS) is 12.0. The third-order valence-electron chi connectivity index (χ3n) is 2.60. The van der Waals surface area contributed by atoms with Crippen molar-refractivity contribution >= 4 is 11.4 Å². The van der Waals surface area contributed by atoms with Crippen LogP contribution in [0.1, 0.15) is 25.5 Å². The van der Waals surface area contributed by atoms with Gasteiger partial charge in [0.1, 0.15) is 5.69 Å². The van der Waals surface area contributed by atoms with Gasteiger partial charge in [-0.25, -0.2) is 0 Å². The molecule has 18 heavy (non-hydrogen) atoms. The molecule has 0 fully saturated rings. The Morgan fingerprint density at radius 1 is 1.61 bits per heavy atom. The highest BCUT2D eigenvalue weighted by molar-refractivity contribution is 5.64. The minimum atomic E-state index is -0.718. The number of rotatable bonds is 5. The summed E-state index contributed by atoms with van der Waals surface area (Å²) in [6, 6.07) is 4.76. The van der Waals surface area contributed by atoms with Crippen molar-refractivity contribution in [3.63, 3.8) is 0 Å². The first-order valence-corrected chi connectivity index (χ1v) is 5.65. The number of anilines is 1. The number of hydrogen-bond acceptors (Lipinski definition) is 4. The van der Waals surface area contributed by atoms with Crippen LogP contribution in [0.15, 0.2) is 30.4 Å². The Balaban J connectivity index is 3.19. The predicted octanol–water partition coefficient (Wildman–Crippen LogP) is 2.66. The molecule has 0 saturated carbocycles. The Bertz CT molecular complexity index is 469. The summed E-state index contributed by atoms with van der Waals surface area (Å²) in [5, 5.41) is 20.5. The molecule has 0 radical (unpaired) electrons. The summed E-state index contributed by atoms with van der Waals surface area (Å²) < 4.78 is 0. The number of aliphatic hydroxyl groups excluding tert-OH is 1. The summed E-state index contributed by atoms with van der Waals surface area (Å²) in [5.74, 6) is 0. The van der Waals surface area contributed by atoms with E-state index in [2.05, 4.69) is 6.58 Å². The number of hydrogen-bond donors (Lipinski definition) is 1. The third kappa shape index (κ3) is 3.30. The Labute approximate surface area is 107 Å². The Morgan fingerprint density at radius 2 is 2.22 bits per heavy atom. The highest BCUT2D eigenvalue weighted by Gasteiger charge is 2.19. The number of nitro benzene ring substituents is 1. The molecule has 0 aliphatic rings. The molecule has 0 bridgehead atoms. The first-order valence-electron chi connectivity index (χ1n) is 5.65. The number of aliphatic hydroxyl groups is 1. The van der Waals surface area contributed by atoms with Crippen molar-refractivity contribution in [2.24, 2.45) is 0 Å². The second kappa shape index (κ2) is 5.64. The maximum absolute atomic E-state index is 11.1. The average Bonchev–Trinajstić information content (AvgIpc) is 2.26. The van der Waals surface area contributed by atoms with E-state index in [1.54, 1.807) is 31.0 Å². The summed E-state index contributed by atoms with van der Waals surface area (Å²) >= 11 is 0. The number of benzene rings is 1. The zero-order valence-electron chi connectivity index (χ0n) is 10.9. The van der Waals surface area contributed by atoms with Crippen molar-refractivity contribution in [1.29, 1.82) is 0 Å². The van der Waals surface area contributed by atoms with E-state index in [9.17, 15) is 15.2 Å². The number of likely N-dealkylation sites (N-methyl/N-ethyl adjacent to an activating group) is 1. The first kappa shape index (κ1) is 14.2. The van der Waals surface area contributed by atoms with E-state index in [1.807, 2.05) is 6.92 Å². The van der Waals surface area contributed by atoms with Crippen LogP contribution < -0.4 is 4.90 Å². The van der Waals surface area contributed by atoms with Crippen LogP contribution in [0.4, 0.5) is 11.4 Å². The van der Waals surface area contributed by atoms with E-state index in [-0.39, 0.29) is 5.69 Å². The van der Waals surface area contributed by atoms with E-state index in [0.29, 0.717) is 17.8 Å². The van der Waals surface area contributed by atoms with E-state index < -0.39 is 11.0 Å². The molecule has 0 spiro atoms. The van der Waals surface area contributed by atoms with E-state index in [4.69, 9.17) is 0 Å². The van der Waals surface area contributed by atoms with Gasteiger partial charge in [0.2, 0.25) is 0 Å². The molecular formula is C13H18N2O3. The summed E-state index contributed by atoms with van der Waals surface area (Å²) in [4.78, 5) is 12.4. The molecule has 0 aliphatic carbocycles. The second-order valence-electron chi connectivity index (χ2n) is 4.49. The molecule has 1 rings (SSSR count). The van der Waals surface area contributed by atoms with Crippen molar-refractivity contribution in [2.75, 3.05) is 18.5 Å². The largest absolute Gasteiger partial charge is 0.389 e. The lowest BCUT2D eigenvalue weighted by Crippen LogP contribution is -2.20. The van der Waals surface area contributed by atoms with Gasteiger partial charge < -0.3 is 10.0 Å². The molecule has 0 amide bonds. The molecule has 5 nitrogen and oxygen atoms in total. The van der Waals surface area contributed by atoms with Crippen LogP contribution in [-0.2, 0) is 0 Å². The Morgan fingerprint density at radius 3 is 2.67 bits per heavy atom. The fourth-order valence-electron chi connectivity index (χ4n) is 1.76. The van der Waals surface area contributed by atoms with Crippen molar-refractivity contribution in [3.8, 4) is 0 Å². The van der Waals surface area contributed by atoms with Gasteiger partial charge in [0.25, 0.3) is 5.69 Å². The smallest absolute Gasteiger partial charge is 0.292 e. The van der Waals surface area contributed by atoms with Crippen LogP contribution in [0.2, 0.25) is 0 Å². The molecular weight excluding hydrogens is 232 g/mol. The van der Waals surface area contributed by atoms with Gasteiger partial charge in [0.05, 0.1) is 11.0 Å². The minimum absolute atomic E-state index is 0.00264. The lowest BCUT2D eigenvalue weighted by atomic mass is 10.1. The summed E-state index contributed by atoms with van der Waals surface area (Å²) in [5.41, 5.74) is 1.98. The molecule has 0 aliphatic heterocycles. The molecule has 1 aromatic rings. The predicted molar refractivity (Wildman–Crippen MR) is 71.8 cm³/mol. The zero-order chi connectivity index (χ0) is 13.9. The maximum atomic E-state index is 11.1. The summed E-state index contributed by atoms with van der Waals surface area (Å²) in [6.07, 6.45) is -0.718. The second-order valence-corrected chi connectivity index (χ2v) is 4.49. The quantitative estimate of drug-likeness (QED) is 0.495. The number of nitrogens with zero attached hydrogens (tertiary/aromatic N) is 2. The topological polar surface area (TPSA) is 66.6 Å². The maximum Gasteiger partial charge on any atom is 0.292 e. The van der Waals surface area contributed by atoms with Crippen LogP contribution >= 0.6 is 0 Å². The van der Waals surface area contributed by atoms with Gasteiger partial charge in [0.15, 0.2) is 0 Å². The monoisotopic (exact) mass is 250 g/mol. The highest BCUT2D eigenvalue weighted by Crippen LogP contribution is 2.30. The SMILES string of the molecule is C=C(C)CN(C)c1ccc(C(C)O)cc1[N+](=O)[O-]. The molecule has 0 heterocycles. The molecule has 98 valence electrons. The molecule has 0 saturated heterocycles. The minimum Gasteiger partial charge on any atom is -0.389 e. The van der Waals surface area contributed by atoms with Gasteiger partial charge in [-0.3, -0.25) is 10.1 Å². The first-order chi connectivity index (χ1) is 8.32. The van der Waals surface area contributed by atoms with Gasteiger partial charge in [-0.05, 0) is 25.5 Å². The van der Waals surface area contributed by atoms with Gasteiger partial charge in [-0.1, -0.05) is 18.2 Å². The van der Waals surface area contributed by atoms with Gasteiger partial charge >= 0.3 is 0 Å². The van der Waals surface area contributed by atoms with Crippen LogP contribution in [0.25, 0.3) is 0 Å². The van der Waals surface area contributed by atoms with Gasteiger partial charge in [0, 0.05) is 19.7 Å². The molecule has 1 unspecified atom stereocenters. The highest BCUT2D eigenvalue weighted by atomic mass is 16.6. The van der Waals surface area contributed by atoms with Crippen LogP contribution in [0, 0.1) is 10.1 Å². The third-order valence-corrected chi connectivity index (χ3v) is 2.60. The van der Waals surface area contributed by atoms with E-state index in [1.165, 1.54) is 6.07 Å². The standard InChI is InChI=1S/C13H18N2O3/c1-9(2)8-14(4)12-6-5-11(10(3)16)7-13(12)15(17)18/h5-7,10,16H,1,8H2,2-4H3. The number of nitro groups is 1. The zero-order valence-corrected chi connectivity index (χ0v) is 10.9. The molecule has 5 heteroatoms. The van der Waals surface area contributed by atoms with Gasteiger partial charge in [-0.15, -0.1) is 0 Å². The van der Waals surface area contributed by atoms with Crippen molar-refractivity contribution in [2.45, 2.75) is 20.0 Å². The molecule has 0 aromatic heterocycles. The molecule has 1 atom stereocenters. The Hall–Kier alpha value is -1.88. The van der Waals surface area contributed by atoms with Crippen molar-refractivity contribution < 1.29 is 10.0 Å². The summed E-state index contributed by atoms with van der Waals surface area (Å²) in [6.45, 7) is 7.79. The fourth-order valence-corrected chi connectivity index (χ4v) is 1.76. The van der Waals surface area contributed by atoms with Crippen LogP contribution in [-0.4, -0.2) is 23.6 Å². The van der Waals surface area contributed by atoms with E-state index in [0.717, 1.165) is 5.57 Å². The van der Waals surface area contributed by atoms with Crippen LogP contribution in [0.3, 0.4) is 0 Å².